The van der Waals surface area contributed by atoms with E-state index in [1.807, 2.05) is 0 Å². The molecule has 0 aliphatic heterocycles. The van der Waals surface area contributed by atoms with Crippen molar-refractivity contribution >= 4 is 10.1 Å². The zero-order valence-electron chi connectivity index (χ0n) is 3.92. The van der Waals surface area contributed by atoms with E-state index in [4.69, 9.17) is 0 Å². The summed E-state index contributed by atoms with van der Waals surface area (Å²) < 4.78 is 28.0. The van der Waals surface area contributed by atoms with Gasteiger partial charge in [0.1, 0.15) is 10.1 Å². The molecule has 0 aliphatic rings. The Morgan fingerprint density at radius 1 is 1.57 bits per heavy atom. The van der Waals surface area contributed by atoms with Gasteiger partial charge in [-0.3, -0.25) is 0 Å². The Morgan fingerprint density at radius 3 is 1.71 bits per heavy atom. The molecular weight excluding hydrogens is 129 g/mol. The monoisotopic (exact) mass is 133 g/mol. The topological polar surface area (TPSA) is 83.2 Å². The third kappa shape index (κ3) is 10.9. The van der Waals surface area contributed by atoms with Crippen molar-refractivity contribution in [3.05, 3.63) is 0 Å². The van der Waals surface area contributed by atoms with E-state index in [9.17, 15) is 13.0 Å². The van der Waals surface area contributed by atoms with E-state index in [1.165, 1.54) is 0 Å². The largest absolute Gasteiger partial charge is 1.00 e. The second-order valence-electron chi connectivity index (χ2n) is 0.724. The predicted molar refractivity (Wildman–Crippen MR) is 18.8 cm³/mol. The molecule has 0 amide bonds. The molecule has 0 fully saturated rings. The molecule has 0 unspecified atom stereocenters. The van der Waals surface area contributed by atoms with E-state index < -0.39 is 16.0 Å². The predicted octanol–water partition coefficient (Wildman–Crippen LogP) is -4.55. The second kappa shape index (κ2) is 3.82. The van der Waals surface area contributed by atoms with Gasteiger partial charge >= 0.3 is 29.6 Å². The molecule has 0 bridgehead atoms. The van der Waals surface area contributed by atoms with Crippen LogP contribution in [0.25, 0.3) is 0 Å². The summed E-state index contributed by atoms with van der Waals surface area (Å²) in [7, 11) is -4.13. The van der Waals surface area contributed by atoms with Crippen LogP contribution in [0.3, 0.4) is 0 Å². The molecule has 6 heteroatoms. The molecule has 0 saturated heterocycles. The Morgan fingerprint density at radius 2 is 1.71 bits per heavy atom. The van der Waals surface area contributed by atoms with Crippen molar-refractivity contribution in [2.45, 2.75) is 0 Å². The first-order valence-corrected chi connectivity index (χ1v) is 2.77. The first-order chi connectivity index (χ1) is 2.56. The van der Waals surface area contributed by atoms with Crippen LogP contribution in [-0.2, 0) is 10.1 Å². The van der Waals surface area contributed by atoms with Crippen LogP contribution >= 0.6 is 0 Å². The summed E-state index contributed by atoms with van der Waals surface area (Å²) in [5, 5.41) is 0. The fourth-order valence-electron chi connectivity index (χ4n) is 0. The molecule has 0 aromatic heterocycles. The molecule has 0 aromatic carbocycles. The van der Waals surface area contributed by atoms with Crippen LogP contribution in [0.4, 0.5) is 0 Å². The van der Waals surface area contributed by atoms with Gasteiger partial charge in [-0.2, -0.15) is 0 Å². The van der Waals surface area contributed by atoms with Crippen molar-refractivity contribution in [1.29, 1.82) is 0 Å². The minimum Gasteiger partial charge on any atom is -0.747 e. The van der Waals surface area contributed by atoms with Gasteiger partial charge in [0.15, 0.2) is 0 Å². The van der Waals surface area contributed by atoms with Gasteiger partial charge < -0.3 is 10.3 Å². The Bertz CT molecular complexity index is 117. The maximum Gasteiger partial charge on any atom is 1.00 e. The maximum absolute atomic E-state index is 9.32. The number of hydrogen-bond donors (Lipinski definition) is 1. The third-order valence-electron chi connectivity index (χ3n) is 0.204. The molecular formula is CH4NNaO3S. The van der Waals surface area contributed by atoms with E-state index in [-0.39, 0.29) is 29.6 Å². The first-order valence-electron chi connectivity index (χ1n) is 1.20. The van der Waals surface area contributed by atoms with E-state index in [0.29, 0.717) is 0 Å². The smallest absolute Gasteiger partial charge is 0.747 e. The average molecular weight is 133 g/mol. The molecule has 0 atom stereocenters. The quantitative estimate of drug-likeness (QED) is 0.288. The summed E-state index contributed by atoms with van der Waals surface area (Å²) in [4.78, 5) is 0. The van der Waals surface area contributed by atoms with Crippen LogP contribution in [0.5, 0.6) is 0 Å². The van der Waals surface area contributed by atoms with E-state index >= 15 is 0 Å². The van der Waals surface area contributed by atoms with Crippen molar-refractivity contribution in [2.75, 3.05) is 5.88 Å². The van der Waals surface area contributed by atoms with Crippen LogP contribution in [0.2, 0.25) is 0 Å². The molecule has 0 saturated carbocycles. The minimum atomic E-state index is -4.13. The SMILES string of the molecule is NCS(=O)(=O)[O-].[Na+]. The molecule has 0 rings (SSSR count). The summed E-state index contributed by atoms with van der Waals surface area (Å²) in [6.07, 6.45) is 0. The van der Waals surface area contributed by atoms with Crippen molar-refractivity contribution < 1.29 is 42.5 Å². The number of hydrogen-bond acceptors (Lipinski definition) is 4. The van der Waals surface area contributed by atoms with Gasteiger partial charge in [-0.15, -0.1) is 0 Å². The standard InChI is InChI=1S/CH5NO3S.Na/c2-1-6(3,4)5;/h1-2H2,(H,3,4,5);/q;+1/p-1. The van der Waals surface area contributed by atoms with Crippen molar-refractivity contribution in [2.24, 2.45) is 5.73 Å². The van der Waals surface area contributed by atoms with Crippen LogP contribution < -0.4 is 35.3 Å². The molecule has 0 radical (unpaired) electrons. The summed E-state index contributed by atoms with van der Waals surface area (Å²) in [6, 6.07) is 0. The van der Waals surface area contributed by atoms with Crippen LogP contribution in [0.1, 0.15) is 0 Å². The molecule has 0 heterocycles. The van der Waals surface area contributed by atoms with Gasteiger partial charge in [-0.05, 0) is 0 Å². The van der Waals surface area contributed by atoms with Gasteiger partial charge in [0.2, 0.25) is 0 Å². The fraction of sp³-hybridized carbons (Fsp3) is 1.00. The van der Waals surface area contributed by atoms with E-state index in [2.05, 4.69) is 5.73 Å². The summed E-state index contributed by atoms with van der Waals surface area (Å²) in [6.45, 7) is 0. The minimum absolute atomic E-state index is 0. The fourth-order valence-corrected chi connectivity index (χ4v) is 0. The number of rotatable bonds is 1. The normalized spacial score (nSPS) is 10.0. The molecule has 2 N–H and O–H groups in total. The first kappa shape index (κ1) is 10.8. The summed E-state index contributed by atoms with van der Waals surface area (Å²) in [5.74, 6) is -0.812. The van der Waals surface area contributed by atoms with Gasteiger partial charge in [-0.25, -0.2) is 8.42 Å². The van der Waals surface area contributed by atoms with Gasteiger partial charge in [0, 0.05) is 0 Å². The van der Waals surface area contributed by atoms with Crippen LogP contribution in [-0.4, -0.2) is 18.8 Å². The number of nitrogens with two attached hydrogens (primary N) is 1. The van der Waals surface area contributed by atoms with E-state index in [0.717, 1.165) is 0 Å². The van der Waals surface area contributed by atoms with Gasteiger partial charge in [0.25, 0.3) is 0 Å². The van der Waals surface area contributed by atoms with Crippen LogP contribution in [0.15, 0.2) is 0 Å². The Hall–Kier alpha value is 0.870. The van der Waals surface area contributed by atoms with E-state index in [1.54, 1.807) is 0 Å². The molecule has 0 aliphatic carbocycles. The second-order valence-corrected chi connectivity index (χ2v) is 2.17. The summed E-state index contributed by atoms with van der Waals surface area (Å²) >= 11 is 0. The zero-order chi connectivity index (χ0) is 5.21. The summed E-state index contributed by atoms with van der Waals surface area (Å²) in [5.41, 5.74) is 4.41. The molecule has 0 aromatic rings. The Kier molecular flexibility index (Phi) is 5.89. The Balaban J connectivity index is 0. The van der Waals surface area contributed by atoms with Crippen LogP contribution in [0, 0.1) is 0 Å². The molecule has 4 nitrogen and oxygen atoms in total. The van der Waals surface area contributed by atoms with Gasteiger partial charge in [0.05, 0.1) is 5.88 Å². The third-order valence-corrected chi connectivity index (χ3v) is 0.612. The maximum atomic E-state index is 9.32. The molecule has 38 valence electrons. The molecule has 0 spiro atoms. The van der Waals surface area contributed by atoms with Gasteiger partial charge in [-0.1, -0.05) is 0 Å². The zero-order valence-corrected chi connectivity index (χ0v) is 6.73. The van der Waals surface area contributed by atoms with Crippen molar-refractivity contribution in [3.63, 3.8) is 0 Å². The average Bonchev–Trinajstić information content (AvgIpc) is 1.35. The molecule has 7 heavy (non-hydrogen) atoms. The van der Waals surface area contributed by atoms with Crippen molar-refractivity contribution in [1.82, 2.24) is 0 Å². The Labute approximate surface area is 64.1 Å². The van der Waals surface area contributed by atoms with Crippen molar-refractivity contribution in [3.8, 4) is 0 Å².